The van der Waals surface area contributed by atoms with Crippen LogP contribution in [0, 0.1) is 5.92 Å². The number of carbonyl (C=O) groups is 1. The summed E-state index contributed by atoms with van der Waals surface area (Å²) in [4.78, 5) is 22.7. The number of ether oxygens (including phenoxy) is 1. The van der Waals surface area contributed by atoms with E-state index >= 15 is 0 Å². The van der Waals surface area contributed by atoms with Gasteiger partial charge in [0.1, 0.15) is 5.82 Å². The Morgan fingerprint density at radius 3 is 2.83 bits per heavy atom. The summed E-state index contributed by atoms with van der Waals surface area (Å²) < 4.78 is 5.33. The average molecular weight is 330 g/mol. The summed E-state index contributed by atoms with van der Waals surface area (Å²) in [5.41, 5.74) is 1.94. The average Bonchev–Trinajstić information content (AvgIpc) is 3.03. The van der Waals surface area contributed by atoms with Crippen LogP contribution in [-0.4, -0.2) is 53.6 Å². The summed E-state index contributed by atoms with van der Waals surface area (Å²) in [6, 6.07) is 7.85. The Morgan fingerprint density at radius 2 is 2.12 bits per heavy atom. The lowest BCUT2D eigenvalue weighted by atomic mass is 9.98. The summed E-state index contributed by atoms with van der Waals surface area (Å²) in [5, 5.41) is 3.18. The molecular formula is C18H26N4O2. The van der Waals surface area contributed by atoms with Crippen molar-refractivity contribution in [2.24, 2.45) is 5.92 Å². The van der Waals surface area contributed by atoms with E-state index in [0.717, 1.165) is 36.4 Å². The van der Waals surface area contributed by atoms with E-state index in [0.29, 0.717) is 25.7 Å². The largest absolute Gasteiger partial charge is 0.379 e. The summed E-state index contributed by atoms with van der Waals surface area (Å²) in [5.74, 6) is 1.18. The number of aromatic amines is 1. The molecule has 1 amide bonds. The first-order valence-corrected chi connectivity index (χ1v) is 8.71. The van der Waals surface area contributed by atoms with Crippen molar-refractivity contribution in [3.8, 4) is 0 Å². The first-order valence-electron chi connectivity index (χ1n) is 8.71. The lowest BCUT2D eigenvalue weighted by molar-refractivity contribution is -0.124. The number of hydrogen-bond donors (Lipinski definition) is 2. The van der Waals surface area contributed by atoms with Crippen LogP contribution in [-0.2, 0) is 9.53 Å². The second kappa shape index (κ2) is 7.77. The molecule has 0 saturated carbocycles. The Labute approximate surface area is 142 Å². The van der Waals surface area contributed by atoms with Crippen molar-refractivity contribution >= 4 is 16.9 Å². The molecule has 0 unspecified atom stereocenters. The number of benzene rings is 1. The number of fused-ring (bicyclic) bond motifs is 1. The van der Waals surface area contributed by atoms with Crippen LogP contribution < -0.4 is 5.32 Å². The van der Waals surface area contributed by atoms with Gasteiger partial charge >= 0.3 is 0 Å². The van der Waals surface area contributed by atoms with Gasteiger partial charge in [0.15, 0.2) is 0 Å². The van der Waals surface area contributed by atoms with Gasteiger partial charge in [-0.15, -0.1) is 0 Å². The van der Waals surface area contributed by atoms with Crippen LogP contribution in [0.15, 0.2) is 24.3 Å². The molecule has 1 aromatic heterocycles. The van der Waals surface area contributed by atoms with Gasteiger partial charge in [-0.3, -0.25) is 9.69 Å². The molecule has 2 N–H and O–H groups in total. The quantitative estimate of drug-likeness (QED) is 0.851. The molecule has 2 heterocycles. The summed E-state index contributed by atoms with van der Waals surface area (Å²) in [6.45, 7) is 7.72. The highest BCUT2D eigenvalue weighted by atomic mass is 16.5. The molecule has 6 heteroatoms. The van der Waals surface area contributed by atoms with Gasteiger partial charge in [-0.1, -0.05) is 32.4 Å². The third kappa shape index (κ3) is 3.94. The van der Waals surface area contributed by atoms with Crippen molar-refractivity contribution in [2.45, 2.75) is 26.3 Å². The molecule has 2 aromatic rings. The molecule has 3 rings (SSSR count). The number of amides is 1. The lowest BCUT2D eigenvalue weighted by Crippen LogP contribution is -2.44. The van der Waals surface area contributed by atoms with Gasteiger partial charge in [0.25, 0.3) is 0 Å². The highest BCUT2D eigenvalue weighted by molar-refractivity contribution is 5.79. The van der Waals surface area contributed by atoms with Crippen molar-refractivity contribution in [3.05, 3.63) is 30.1 Å². The van der Waals surface area contributed by atoms with Crippen LogP contribution >= 0.6 is 0 Å². The van der Waals surface area contributed by atoms with Crippen molar-refractivity contribution < 1.29 is 9.53 Å². The number of aromatic nitrogens is 2. The third-order valence-electron chi connectivity index (χ3n) is 4.70. The minimum atomic E-state index is -0.101. The van der Waals surface area contributed by atoms with E-state index in [1.54, 1.807) is 0 Å². The first kappa shape index (κ1) is 16.9. The number of carbonyl (C=O) groups excluding carboxylic acids is 1. The molecule has 0 bridgehead atoms. The third-order valence-corrected chi connectivity index (χ3v) is 4.70. The molecule has 1 fully saturated rings. The van der Waals surface area contributed by atoms with Gasteiger partial charge in [0, 0.05) is 13.1 Å². The fraction of sp³-hybridized carbons (Fsp3) is 0.556. The monoisotopic (exact) mass is 330 g/mol. The number of hydrogen-bond acceptors (Lipinski definition) is 4. The number of H-pyrrole nitrogens is 1. The standard InChI is InChI=1S/C18H26N4O2/c1-3-13(2)17(18-19-14-6-4-5-7-15(14)20-18)21-16(23)12-22-8-10-24-11-9-22/h4-7,13,17H,3,8-12H2,1-2H3,(H,19,20)(H,21,23)/t13-,17-/m0/s1. The molecule has 130 valence electrons. The lowest BCUT2D eigenvalue weighted by Gasteiger charge is -2.28. The van der Waals surface area contributed by atoms with Gasteiger partial charge in [-0.2, -0.15) is 0 Å². The van der Waals surface area contributed by atoms with E-state index < -0.39 is 0 Å². The Balaban J connectivity index is 1.72. The van der Waals surface area contributed by atoms with Crippen LogP contribution in [0.5, 0.6) is 0 Å². The molecular weight excluding hydrogens is 304 g/mol. The maximum atomic E-state index is 12.5. The smallest absolute Gasteiger partial charge is 0.234 e. The molecule has 1 aliphatic heterocycles. The van der Waals surface area contributed by atoms with Crippen LogP contribution in [0.25, 0.3) is 11.0 Å². The molecule has 2 atom stereocenters. The zero-order valence-corrected chi connectivity index (χ0v) is 14.4. The Hall–Kier alpha value is -1.92. The predicted octanol–water partition coefficient (Wildman–Crippen LogP) is 2.10. The SMILES string of the molecule is CC[C@H](C)[C@H](NC(=O)CN1CCOCC1)c1nc2ccccc2[nH]1. The van der Waals surface area contributed by atoms with Crippen LogP contribution in [0.4, 0.5) is 0 Å². The van der Waals surface area contributed by atoms with Crippen LogP contribution in [0.1, 0.15) is 32.1 Å². The van der Waals surface area contributed by atoms with Gasteiger partial charge in [-0.05, 0) is 18.1 Å². The van der Waals surface area contributed by atoms with Crippen molar-refractivity contribution in [1.29, 1.82) is 0 Å². The van der Waals surface area contributed by atoms with E-state index in [2.05, 4.69) is 34.0 Å². The number of para-hydroxylation sites is 2. The highest BCUT2D eigenvalue weighted by Gasteiger charge is 2.24. The molecule has 0 aliphatic carbocycles. The molecule has 1 saturated heterocycles. The van der Waals surface area contributed by atoms with Crippen molar-refractivity contribution in [3.63, 3.8) is 0 Å². The fourth-order valence-electron chi connectivity index (χ4n) is 3.02. The summed E-state index contributed by atoms with van der Waals surface area (Å²) >= 11 is 0. The Kier molecular flexibility index (Phi) is 5.48. The normalized spacial score (nSPS) is 18.4. The molecule has 24 heavy (non-hydrogen) atoms. The van der Waals surface area contributed by atoms with E-state index in [-0.39, 0.29) is 11.9 Å². The Bertz CT molecular complexity index is 645. The van der Waals surface area contributed by atoms with Crippen LogP contribution in [0.2, 0.25) is 0 Å². The molecule has 6 nitrogen and oxygen atoms in total. The second-order valence-electron chi connectivity index (χ2n) is 6.46. The van der Waals surface area contributed by atoms with Crippen molar-refractivity contribution in [2.75, 3.05) is 32.8 Å². The number of morpholine rings is 1. The number of nitrogens with zero attached hydrogens (tertiary/aromatic N) is 2. The second-order valence-corrected chi connectivity index (χ2v) is 6.46. The summed E-state index contributed by atoms with van der Waals surface area (Å²) in [6.07, 6.45) is 0.972. The topological polar surface area (TPSA) is 70.2 Å². The predicted molar refractivity (Wildman–Crippen MR) is 93.7 cm³/mol. The van der Waals surface area contributed by atoms with E-state index in [1.165, 1.54) is 0 Å². The zero-order valence-electron chi connectivity index (χ0n) is 14.4. The number of imidazole rings is 1. The van der Waals surface area contributed by atoms with Crippen molar-refractivity contribution in [1.82, 2.24) is 20.2 Å². The van der Waals surface area contributed by atoms with E-state index in [9.17, 15) is 4.79 Å². The minimum Gasteiger partial charge on any atom is -0.379 e. The molecule has 0 radical (unpaired) electrons. The van der Waals surface area contributed by atoms with Gasteiger partial charge in [-0.25, -0.2) is 4.98 Å². The Morgan fingerprint density at radius 1 is 1.38 bits per heavy atom. The number of nitrogens with one attached hydrogen (secondary N) is 2. The molecule has 1 aliphatic rings. The van der Waals surface area contributed by atoms with Gasteiger partial charge in [0.2, 0.25) is 5.91 Å². The minimum absolute atomic E-state index is 0.0441. The molecule has 0 spiro atoms. The first-order chi connectivity index (χ1) is 11.7. The van der Waals surface area contributed by atoms with Gasteiger partial charge < -0.3 is 15.0 Å². The number of rotatable bonds is 6. The van der Waals surface area contributed by atoms with Gasteiger partial charge in [0.05, 0.1) is 36.8 Å². The zero-order chi connectivity index (χ0) is 16.9. The molecule has 1 aromatic carbocycles. The maximum absolute atomic E-state index is 12.5. The highest BCUT2D eigenvalue weighted by Crippen LogP contribution is 2.24. The summed E-state index contributed by atoms with van der Waals surface area (Å²) in [7, 11) is 0. The van der Waals surface area contributed by atoms with Crippen LogP contribution in [0.3, 0.4) is 0 Å². The maximum Gasteiger partial charge on any atom is 0.234 e. The van der Waals surface area contributed by atoms with E-state index in [1.807, 2.05) is 24.3 Å². The fourth-order valence-corrected chi connectivity index (χ4v) is 3.02. The van der Waals surface area contributed by atoms with E-state index in [4.69, 9.17) is 4.74 Å².